The predicted molar refractivity (Wildman–Crippen MR) is 96.5 cm³/mol. The molecule has 0 spiro atoms. The number of nitrogens with zero attached hydrogens (tertiary/aromatic N) is 1. The highest BCUT2D eigenvalue weighted by atomic mass is 32.2. The van der Waals surface area contributed by atoms with E-state index >= 15 is 0 Å². The average Bonchev–Trinajstić information content (AvgIpc) is 2.54. The van der Waals surface area contributed by atoms with Gasteiger partial charge in [-0.15, -0.1) is 0 Å². The van der Waals surface area contributed by atoms with Crippen molar-refractivity contribution in [3.8, 4) is 0 Å². The topological polar surface area (TPSA) is 116 Å². The first-order valence-corrected chi connectivity index (χ1v) is 9.53. The van der Waals surface area contributed by atoms with Crippen LogP contribution >= 0.6 is 0 Å². The summed E-state index contributed by atoms with van der Waals surface area (Å²) < 4.78 is 28.2. The molecule has 0 aliphatic heterocycles. The first kappa shape index (κ1) is 19.4. The van der Waals surface area contributed by atoms with E-state index in [9.17, 15) is 23.3 Å². The van der Waals surface area contributed by atoms with Gasteiger partial charge in [0.05, 0.1) is 21.5 Å². The third-order valence-corrected chi connectivity index (χ3v) is 4.45. The first-order chi connectivity index (χ1) is 12.1. The van der Waals surface area contributed by atoms with Crippen LogP contribution in [0.1, 0.15) is 24.2 Å². The fourth-order valence-electron chi connectivity index (χ4n) is 2.13. The molecular formula is C17H18N2O6S. The van der Waals surface area contributed by atoms with E-state index in [1.54, 1.807) is 26.0 Å². The quantitative estimate of drug-likeness (QED) is 0.466. The second-order valence-electron chi connectivity index (χ2n) is 5.86. The molecule has 0 aromatic heterocycles. The summed E-state index contributed by atoms with van der Waals surface area (Å²) in [5, 5.41) is 14.1. The van der Waals surface area contributed by atoms with E-state index in [0.29, 0.717) is 11.3 Å². The minimum Gasteiger partial charge on any atom is -0.459 e. The van der Waals surface area contributed by atoms with Gasteiger partial charge in [-0.05, 0) is 50.2 Å². The van der Waals surface area contributed by atoms with Gasteiger partial charge >= 0.3 is 5.97 Å². The minimum atomic E-state index is -3.56. The number of sulfone groups is 1. The Morgan fingerprint density at radius 3 is 2.27 bits per heavy atom. The van der Waals surface area contributed by atoms with Gasteiger partial charge in [-0.3, -0.25) is 10.1 Å². The van der Waals surface area contributed by atoms with Crippen molar-refractivity contribution in [3.05, 3.63) is 58.1 Å². The normalized spacial score (nSPS) is 11.2. The van der Waals surface area contributed by atoms with Gasteiger partial charge < -0.3 is 10.1 Å². The van der Waals surface area contributed by atoms with E-state index in [2.05, 4.69) is 5.32 Å². The average molecular weight is 378 g/mol. The Morgan fingerprint density at radius 1 is 1.15 bits per heavy atom. The molecule has 0 heterocycles. The van der Waals surface area contributed by atoms with Crippen LogP contribution in [0.15, 0.2) is 47.4 Å². The van der Waals surface area contributed by atoms with Gasteiger partial charge in [0.25, 0.3) is 5.69 Å². The molecule has 2 rings (SSSR count). The zero-order chi connectivity index (χ0) is 19.5. The van der Waals surface area contributed by atoms with Crippen LogP contribution in [-0.2, 0) is 14.6 Å². The maximum absolute atomic E-state index is 11.8. The van der Waals surface area contributed by atoms with Gasteiger partial charge in [0.2, 0.25) is 0 Å². The number of hydrogen-bond donors (Lipinski definition) is 1. The van der Waals surface area contributed by atoms with Gasteiger partial charge in [-0.2, -0.15) is 0 Å². The lowest BCUT2D eigenvalue weighted by atomic mass is 10.2. The van der Waals surface area contributed by atoms with Gasteiger partial charge in [0, 0.05) is 18.0 Å². The number of anilines is 2. The van der Waals surface area contributed by atoms with Crippen molar-refractivity contribution in [2.24, 2.45) is 0 Å². The molecule has 0 bridgehead atoms. The molecule has 8 nitrogen and oxygen atoms in total. The maximum Gasteiger partial charge on any atom is 0.338 e. The summed E-state index contributed by atoms with van der Waals surface area (Å²) in [6.45, 7) is 3.49. The van der Waals surface area contributed by atoms with Crippen molar-refractivity contribution < 1.29 is 22.9 Å². The molecule has 0 aliphatic carbocycles. The molecule has 0 saturated carbocycles. The Labute approximate surface area is 150 Å². The third kappa shape index (κ3) is 4.79. The maximum atomic E-state index is 11.8. The summed E-state index contributed by atoms with van der Waals surface area (Å²) in [7, 11) is -3.56. The van der Waals surface area contributed by atoms with Crippen LogP contribution < -0.4 is 5.32 Å². The smallest absolute Gasteiger partial charge is 0.338 e. The monoisotopic (exact) mass is 378 g/mol. The van der Waals surface area contributed by atoms with E-state index in [1.165, 1.54) is 24.3 Å². The van der Waals surface area contributed by atoms with Crippen molar-refractivity contribution in [2.75, 3.05) is 11.6 Å². The molecule has 2 aromatic carbocycles. The molecule has 0 atom stereocenters. The molecular weight excluding hydrogens is 360 g/mol. The fraction of sp³-hybridized carbons (Fsp3) is 0.235. The Kier molecular flexibility index (Phi) is 5.61. The molecule has 26 heavy (non-hydrogen) atoms. The van der Waals surface area contributed by atoms with E-state index < -0.39 is 20.7 Å². The summed E-state index contributed by atoms with van der Waals surface area (Å²) in [5.41, 5.74) is 0.628. The second kappa shape index (κ2) is 7.52. The molecule has 0 unspecified atom stereocenters. The summed E-state index contributed by atoms with van der Waals surface area (Å²) in [6, 6.07) is 9.84. The number of rotatable bonds is 6. The molecule has 138 valence electrons. The number of nitrogens with one attached hydrogen (secondary N) is 1. The zero-order valence-electron chi connectivity index (χ0n) is 14.4. The number of carbonyl (C=O) groups is 1. The molecule has 9 heteroatoms. The molecule has 1 N–H and O–H groups in total. The van der Waals surface area contributed by atoms with Crippen molar-refractivity contribution in [3.63, 3.8) is 0 Å². The molecule has 2 aromatic rings. The standard InChI is InChI=1S/C17H18N2O6S/c1-11(2)25-17(20)12-4-6-13(7-5-12)18-15-9-8-14(26(3,23)24)10-16(15)19(21)22/h4-11,18H,1-3H3. The third-order valence-electron chi connectivity index (χ3n) is 3.34. The molecule has 0 fully saturated rings. The van der Waals surface area contributed by atoms with E-state index in [1.807, 2.05) is 0 Å². The Morgan fingerprint density at radius 2 is 1.77 bits per heavy atom. The molecule has 0 radical (unpaired) electrons. The Bertz CT molecular complexity index is 936. The van der Waals surface area contributed by atoms with Gasteiger partial charge in [-0.25, -0.2) is 13.2 Å². The fourth-order valence-corrected chi connectivity index (χ4v) is 2.77. The highest BCUT2D eigenvalue weighted by molar-refractivity contribution is 7.90. The van der Waals surface area contributed by atoms with Crippen LogP contribution in [0.3, 0.4) is 0 Å². The molecule has 0 aliphatic rings. The van der Waals surface area contributed by atoms with Crippen molar-refractivity contribution in [2.45, 2.75) is 24.8 Å². The summed E-state index contributed by atoms with van der Waals surface area (Å²) in [6.07, 6.45) is 0.741. The van der Waals surface area contributed by atoms with Gasteiger partial charge in [0.1, 0.15) is 5.69 Å². The summed E-state index contributed by atoms with van der Waals surface area (Å²) >= 11 is 0. The SMILES string of the molecule is CC(C)OC(=O)c1ccc(Nc2ccc(S(C)(=O)=O)cc2[N+](=O)[O-])cc1. The minimum absolute atomic E-state index is 0.137. The highest BCUT2D eigenvalue weighted by Gasteiger charge is 2.19. The van der Waals surface area contributed by atoms with Crippen LogP contribution in [0, 0.1) is 10.1 Å². The number of esters is 1. The van der Waals surface area contributed by atoms with Crippen molar-refractivity contribution >= 4 is 32.9 Å². The van der Waals surface area contributed by atoms with Crippen LogP contribution in [0.5, 0.6) is 0 Å². The van der Waals surface area contributed by atoms with E-state index in [4.69, 9.17) is 4.74 Å². The lowest BCUT2D eigenvalue weighted by molar-refractivity contribution is -0.384. The van der Waals surface area contributed by atoms with Gasteiger partial charge in [0.15, 0.2) is 9.84 Å². The van der Waals surface area contributed by atoms with Crippen LogP contribution in [0.4, 0.5) is 17.1 Å². The molecule has 0 amide bonds. The number of nitro benzene ring substituents is 1. The number of carbonyl (C=O) groups excluding carboxylic acids is 1. The predicted octanol–water partition coefficient (Wildman–Crippen LogP) is 3.31. The number of ether oxygens (including phenoxy) is 1. The Balaban J connectivity index is 2.28. The van der Waals surface area contributed by atoms with Crippen molar-refractivity contribution in [1.82, 2.24) is 0 Å². The lowest BCUT2D eigenvalue weighted by Gasteiger charge is -2.10. The molecule has 0 saturated heterocycles. The first-order valence-electron chi connectivity index (χ1n) is 7.64. The Hall–Kier alpha value is -2.94. The summed E-state index contributed by atoms with van der Waals surface area (Å²) in [4.78, 5) is 22.3. The van der Waals surface area contributed by atoms with Gasteiger partial charge in [-0.1, -0.05) is 0 Å². The van der Waals surface area contributed by atoms with E-state index in [0.717, 1.165) is 12.3 Å². The summed E-state index contributed by atoms with van der Waals surface area (Å²) in [5.74, 6) is -0.463. The zero-order valence-corrected chi connectivity index (χ0v) is 15.2. The van der Waals surface area contributed by atoms with Crippen molar-refractivity contribution in [1.29, 1.82) is 0 Å². The largest absolute Gasteiger partial charge is 0.459 e. The highest BCUT2D eigenvalue weighted by Crippen LogP contribution is 2.30. The number of hydrogen-bond acceptors (Lipinski definition) is 7. The second-order valence-corrected chi connectivity index (χ2v) is 7.88. The number of nitro groups is 1. The van der Waals surface area contributed by atoms with Crippen LogP contribution in [0.25, 0.3) is 0 Å². The number of benzene rings is 2. The van der Waals surface area contributed by atoms with Crippen LogP contribution in [0.2, 0.25) is 0 Å². The van der Waals surface area contributed by atoms with E-state index in [-0.39, 0.29) is 22.4 Å². The van der Waals surface area contributed by atoms with Crippen LogP contribution in [-0.4, -0.2) is 31.7 Å². The lowest BCUT2D eigenvalue weighted by Crippen LogP contribution is -2.11.